The second-order valence-electron chi connectivity index (χ2n) is 15.4. The second kappa shape index (κ2) is 27.3. The number of carbonyl (C=O) groups is 8. The molecule has 0 aliphatic carbocycles. The summed E-state index contributed by atoms with van der Waals surface area (Å²) in [4.78, 5) is 123. The zero-order valence-electron chi connectivity index (χ0n) is 36.1. The van der Waals surface area contributed by atoms with Gasteiger partial charge in [-0.3, -0.25) is 38.1 Å². The number of aliphatic hydroxyl groups is 1. The van der Waals surface area contributed by atoms with Crippen LogP contribution in [-0.2, 0) is 60.3 Å². The minimum atomic E-state index is -5.35. The van der Waals surface area contributed by atoms with Crippen molar-refractivity contribution in [3.05, 3.63) is 59.7 Å². The number of aromatic hydroxyl groups is 2. The van der Waals surface area contributed by atoms with Crippen molar-refractivity contribution >= 4 is 55.2 Å². The third-order valence-electron chi connectivity index (χ3n) is 9.69. The molecule has 26 heteroatoms. The van der Waals surface area contributed by atoms with Crippen molar-refractivity contribution in [3.8, 4) is 11.5 Å². The van der Waals surface area contributed by atoms with Gasteiger partial charge in [0.25, 0.3) is 0 Å². The summed E-state index contributed by atoms with van der Waals surface area (Å²) in [7, 11) is -5.35. The number of phenols is 2. The smallest absolute Gasteiger partial charge is 0.469 e. The van der Waals surface area contributed by atoms with Gasteiger partial charge in [0, 0.05) is 19.3 Å². The SMILES string of the molecule is CC(C)[C@H](NC(=O)[C@H](CO)NC(=O)[C@H](Cc1ccc(O)cc1)NC(=O)[C@H](COP(=O)(O)O)NC(=O)[C@H](CCC(=O)O)NC(=O)[C@@H](N)CCCCN)C(=O)N[C@@H](Cc1ccc(O)cc1)C(=O)O. The van der Waals surface area contributed by atoms with Crippen LogP contribution >= 0.6 is 7.82 Å². The van der Waals surface area contributed by atoms with Gasteiger partial charge in [0.2, 0.25) is 35.4 Å². The predicted octanol–water partition coefficient (Wildman–Crippen LogP) is -3.04. The minimum Gasteiger partial charge on any atom is -0.508 e. The number of unbranched alkanes of at least 4 members (excludes halogenated alkanes) is 1. The Kier molecular flexibility index (Phi) is 23.1. The fourth-order valence-electron chi connectivity index (χ4n) is 6.02. The van der Waals surface area contributed by atoms with Crippen LogP contribution < -0.4 is 43.4 Å². The maximum absolute atomic E-state index is 13.9. The van der Waals surface area contributed by atoms with Crippen molar-refractivity contribution in [2.24, 2.45) is 17.4 Å². The highest BCUT2D eigenvalue weighted by molar-refractivity contribution is 7.46. The molecule has 0 saturated heterocycles. The van der Waals surface area contributed by atoms with Crippen molar-refractivity contribution in [2.75, 3.05) is 19.8 Å². The molecule has 366 valence electrons. The first-order chi connectivity index (χ1) is 30.9. The molecule has 0 bridgehead atoms. The van der Waals surface area contributed by atoms with Crippen LogP contribution in [0.25, 0.3) is 0 Å². The van der Waals surface area contributed by atoms with E-state index in [2.05, 4.69) is 36.4 Å². The number of carbonyl (C=O) groups excluding carboxylic acids is 6. The highest BCUT2D eigenvalue weighted by atomic mass is 31.2. The lowest BCUT2D eigenvalue weighted by atomic mass is 10.0. The van der Waals surface area contributed by atoms with E-state index >= 15 is 0 Å². The summed E-state index contributed by atoms with van der Waals surface area (Å²) in [6, 6.07) is -0.639. The lowest BCUT2D eigenvalue weighted by molar-refractivity contribution is -0.142. The average molecular weight is 955 g/mol. The number of aliphatic hydroxyl groups excluding tert-OH is 1. The second-order valence-corrected chi connectivity index (χ2v) is 16.6. The van der Waals surface area contributed by atoms with Crippen molar-refractivity contribution < 1.29 is 82.8 Å². The first kappa shape index (κ1) is 55.9. The van der Waals surface area contributed by atoms with Gasteiger partial charge in [0.15, 0.2) is 0 Å². The van der Waals surface area contributed by atoms with Crippen LogP contribution in [0, 0.1) is 5.92 Å². The van der Waals surface area contributed by atoms with Gasteiger partial charge in [-0.05, 0) is 67.1 Å². The third kappa shape index (κ3) is 20.3. The number of carboxylic acid groups (broad SMARTS) is 2. The number of benzene rings is 2. The van der Waals surface area contributed by atoms with Crippen LogP contribution in [0.5, 0.6) is 11.5 Å². The number of hydrogen-bond acceptors (Lipinski definition) is 15. The van der Waals surface area contributed by atoms with Gasteiger partial charge in [0.1, 0.15) is 47.8 Å². The van der Waals surface area contributed by atoms with E-state index in [0.29, 0.717) is 24.9 Å². The summed E-state index contributed by atoms with van der Waals surface area (Å²) in [6.07, 6.45) is -0.722. The van der Waals surface area contributed by atoms with Gasteiger partial charge in [-0.2, -0.15) is 0 Å². The van der Waals surface area contributed by atoms with Gasteiger partial charge < -0.3 is 78.7 Å². The number of nitrogens with two attached hydrogens (primary N) is 2. The van der Waals surface area contributed by atoms with E-state index in [1.807, 2.05) is 0 Å². The Morgan fingerprint density at radius 3 is 1.56 bits per heavy atom. The van der Waals surface area contributed by atoms with E-state index in [9.17, 15) is 78.2 Å². The maximum Gasteiger partial charge on any atom is 0.469 e. The highest BCUT2D eigenvalue weighted by Crippen LogP contribution is 2.35. The van der Waals surface area contributed by atoms with Gasteiger partial charge in [-0.1, -0.05) is 44.5 Å². The van der Waals surface area contributed by atoms with E-state index in [4.69, 9.17) is 11.5 Å². The molecule has 66 heavy (non-hydrogen) atoms. The Hall–Kier alpha value is -6.21. The summed E-state index contributed by atoms with van der Waals surface area (Å²) in [6.45, 7) is 1.02. The molecule has 0 heterocycles. The van der Waals surface area contributed by atoms with E-state index in [1.54, 1.807) is 0 Å². The van der Waals surface area contributed by atoms with E-state index < -0.39 is 136 Å². The molecule has 6 amide bonds. The minimum absolute atomic E-state index is 0.0720. The van der Waals surface area contributed by atoms with Crippen molar-refractivity contribution in [1.82, 2.24) is 31.9 Å². The largest absolute Gasteiger partial charge is 0.508 e. The fraction of sp³-hybridized carbons (Fsp3) is 0.500. The first-order valence-electron chi connectivity index (χ1n) is 20.5. The van der Waals surface area contributed by atoms with E-state index in [1.165, 1.54) is 62.4 Å². The number of amides is 6. The number of nitrogens with one attached hydrogen (secondary N) is 6. The summed E-state index contributed by atoms with van der Waals surface area (Å²) in [5, 5.41) is 62.4. The molecule has 0 aliphatic heterocycles. The van der Waals surface area contributed by atoms with Crippen LogP contribution in [0.3, 0.4) is 0 Å². The van der Waals surface area contributed by atoms with Crippen LogP contribution in [-0.4, -0.2) is 145 Å². The Morgan fingerprint density at radius 1 is 0.621 bits per heavy atom. The molecule has 0 aliphatic rings. The number of phosphoric acid groups is 1. The fourth-order valence-corrected chi connectivity index (χ4v) is 6.36. The number of rotatable bonds is 29. The molecular formula is C40H59N8O17P. The zero-order valence-corrected chi connectivity index (χ0v) is 37.0. The predicted molar refractivity (Wildman–Crippen MR) is 231 cm³/mol. The standard InChI is InChI=1S/C40H59N8O17P/c1-21(2)33(39(59)45-29(40(60)61)18-23-8-12-25(51)13-9-23)48-37(57)30(19-49)46-36(56)28(17-22-6-10-24(50)11-7-22)44-38(58)31(20-65-66(62,63)64)47-35(55)27(14-15-32(52)53)43-34(54)26(42)5-3-4-16-41/h6-13,21,26-31,33,49-51H,3-5,14-20,41-42H2,1-2H3,(H,43,54)(H,44,58)(H,45,59)(H,46,56)(H,47,55)(H,48,57)(H,52,53)(H,60,61)(H2,62,63,64)/t26-,27-,28-,29-,30-,31-,33-/m0/s1. The van der Waals surface area contributed by atoms with Gasteiger partial charge in [-0.15, -0.1) is 0 Å². The number of phosphoric ester groups is 1. The van der Waals surface area contributed by atoms with Crippen LogP contribution in [0.1, 0.15) is 57.1 Å². The van der Waals surface area contributed by atoms with Crippen molar-refractivity contribution in [2.45, 2.75) is 101 Å². The summed E-state index contributed by atoms with van der Waals surface area (Å²) >= 11 is 0. The Labute approximate surface area is 378 Å². The highest BCUT2D eigenvalue weighted by Gasteiger charge is 2.35. The number of hydrogen-bond donors (Lipinski definition) is 15. The van der Waals surface area contributed by atoms with Gasteiger partial charge in [-0.25, -0.2) is 9.36 Å². The molecule has 0 radical (unpaired) electrons. The Bertz CT molecular complexity index is 2020. The molecule has 2 rings (SSSR count). The maximum atomic E-state index is 13.9. The summed E-state index contributed by atoms with van der Waals surface area (Å²) in [5.41, 5.74) is 12.1. The topological polar surface area (TPSA) is 429 Å². The van der Waals surface area contributed by atoms with Gasteiger partial charge in [0.05, 0.1) is 19.3 Å². The van der Waals surface area contributed by atoms with E-state index in [0.717, 1.165) is 0 Å². The molecule has 2 aromatic carbocycles. The average Bonchev–Trinajstić information content (AvgIpc) is 3.24. The summed E-state index contributed by atoms with van der Waals surface area (Å²) < 4.78 is 16.2. The molecule has 0 spiro atoms. The van der Waals surface area contributed by atoms with Gasteiger partial charge >= 0.3 is 19.8 Å². The molecule has 7 atom stereocenters. The van der Waals surface area contributed by atoms with Crippen molar-refractivity contribution in [1.29, 1.82) is 0 Å². The lowest BCUT2D eigenvalue weighted by Crippen LogP contribution is -2.61. The lowest BCUT2D eigenvalue weighted by Gasteiger charge is -2.28. The third-order valence-corrected chi connectivity index (χ3v) is 10.2. The molecular weight excluding hydrogens is 895 g/mol. The zero-order chi connectivity index (χ0) is 49.7. The number of phenolic OH excluding ortho intramolecular Hbond substituents is 2. The summed E-state index contributed by atoms with van der Waals surface area (Å²) in [5.74, 6) is -10.4. The molecule has 0 aromatic heterocycles. The quantitative estimate of drug-likeness (QED) is 0.0285. The normalized spacial score (nSPS) is 14.5. The molecule has 25 nitrogen and oxygen atoms in total. The van der Waals surface area contributed by atoms with Crippen LogP contribution in [0.2, 0.25) is 0 Å². The Balaban J connectivity index is 2.39. The van der Waals surface area contributed by atoms with Crippen LogP contribution in [0.15, 0.2) is 48.5 Å². The first-order valence-corrected chi connectivity index (χ1v) is 22.1. The van der Waals surface area contributed by atoms with Crippen LogP contribution in [0.4, 0.5) is 0 Å². The van der Waals surface area contributed by atoms with E-state index in [-0.39, 0.29) is 29.9 Å². The number of aliphatic carboxylic acids is 2. The molecule has 2 aromatic rings. The molecule has 17 N–H and O–H groups in total. The number of carboxylic acids is 2. The van der Waals surface area contributed by atoms with Crippen molar-refractivity contribution in [3.63, 3.8) is 0 Å². The Morgan fingerprint density at radius 2 is 1.08 bits per heavy atom. The molecule has 0 fully saturated rings. The monoisotopic (exact) mass is 954 g/mol. The molecule has 0 saturated carbocycles. The molecule has 0 unspecified atom stereocenters.